The second-order valence-electron chi connectivity index (χ2n) is 5.25. The minimum absolute atomic E-state index is 0.0756. The van der Waals surface area contributed by atoms with E-state index in [0.717, 1.165) is 38.2 Å². The van der Waals surface area contributed by atoms with Gasteiger partial charge in [-0.05, 0) is 25.5 Å². The smallest absolute Gasteiger partial charge is 0.256 e. The van der Waals surface area contributed by atoms with Crippen molar-refractivity contribution in [1.29, 1.82) is 0 Å². The van der Waals surface area contributed by atoms with Crippen LogP contribution in [0.25, 0.3) is 0 Å². The predicted molar refractivity (Wildman–Crippen MR) is 81.0 cm³/mol. The van der Waals surface area contributed by atoms with Gasteiger partial charge in [0.05, 0.1) is 17.4 Å². The van der Waals surface area contributed by atoms with E-state index in [9.17, 15) is 4.79 Å². The highest BCUT2D eigenvalue weighted by Crippen LogP contribution is 2.20. The number of nitrogens with one attached hydrogen (secondary N) is 1. The summed E-state index contributed by atoms with van der Waals surface area (Å²) in [7, 11) is 3.72. The van der Waals surface area contributed by atoms with Gasteiger partial charge in [-0.2, -0.15) is 0 Å². The van der Waals surface area contributed by atoms with Crippen molar-refractivity contribution >= 4 is 11.6 Å². The summed E-state index contributed by atoms with van der Waals surface area (Å²) in [5.41, 5.74) is 1.48. The molecular formula is C15H24N4O. The third kappa shape index (κ3) is 3.10. The summed E-state index contributed by atoms with van der Waals surface area (Å²) < 4.78 is 0. The quantitative estimate of drug-likeness (QED) is 0.909. The summed E-state index contributed by atoms with van der Waals surface area (Å²) in [6, 6.07) is 2.12. The number of carbonyl (C=O) groups excluding carboxylic acids is 1. The largest absolute Gasteiger partial charge is 0.386 e. The molecule has 1 N–H and O–H groups in total. The van der Waals surface area contributed by atoms with Gasteiger partial charge in [-0.1, -0.05) is 6.92 Å². The van der Waals surface area contributed by atoms with Gasteiger partial charge in [0.25, 0.3) is 5.91 Å². The maximum absolute atomic E-state index is 12.6. The number of rotatable bonds is 4. The number of aromatic nitrogens is 1. The van der Waals surface area contributed by atoms with Crippen LogP contribution in [-0.4, -0.2) is 60.5 Å². The van der Waals surface area contributed by atoms with Crippen molar-refractivity contribution < 1.29 is 4.79 Å². The number of hydrogen-bond acceptors (Lipinski definition) is 4. The van der Waals surface area contributed by atoms with Crippen molar-refractivity contribution in [1.82, 2.24) is 14.8 Å². The lowest BCUT2D eigenvalue weighted by atomic mass is 10.0. The van der Waals surface area contributed by atoms with Crippen molar-refractivity contribution in [2.24, 2.45) is 0 Å². The van der Waals surface area contributed by atoms with Crippen molar-refractivity contribution in [3.8, 4) is 0 Å². The highest BCUT2D eigenvalue weighted by atomic mass is 16.2. The molecule has 1 aromatic heterocycles. The number of nitrogens with zero attached hydrogens (tertiary/aromatic N) is 3. The van der Waals surface area contributed by atoms with Gasteiger partial charge >= 0.3 is 0 Å². The first-order chi connectivity index (χ1) is 9.67. The Morgan fingerprint density at radius 3 is 2.80 bits per heavy atom. The van der Waals surface area contributed by atoms with Crippen LogP contribution < -0.4 is 5.32 Å². The first-order valence-corrected chi connectivity index (χ1v) is 7.28. The topological polar surface area (TPSA) is 48.5 Å². The van der Waals surface area contributed by atoms with Gasteiger partial charge in [0.1, 0.15) is 0 Å². The fourth-order valence-electron chi connectivity index (χ4n) is 2.76. The van der Waals surface area contributed by atoms with Crippen LogP contribution in [-0.2, 0) is 0 Å². The molecule has 0 atom stereocenters. The van der Waals surface area contributed by atoms with E-state index in [1.54, 1.807) is 18.5 Å². The van der Waals surface area contributed by atoms with Gasteiger partial charge in [0, 0.05) is 39.4 Å². The fraction of sp³-hybridized carbons (Fsp3) is 0.600. The van der Waals surface area contributed by atoms with Crippen molar-refractivity contribution in [2.45, 2.75) is 25.8 Å². The molecular weight excluding hydrogens is 252 g/mol. The third-order valence-corrected chi connectivity index (χ3v) is 4.19. The number of piperidine rings is 1. The Kier molecular flexibility index (Phi) is 4.95. The van der Waals surface area contributed by atoms with Gasteiger partial charge in [-0.15, -0.1) is 0 Å². The highest BCUT2D eigenvalue weighted by Gasteiger charge is 2.26. The first-order valence-electron chi connectivity index (χ1n) is 7.28. The van der Waals surface area contributed by atoms with Crippen molar-refractivity contribution in [3.63, 3.8) is 0 Å². The van der Waals surface area contributed by atoms with E-state index in [2.05, 4.69) is 22.1 Å². The summed E-state index contributed by atoms with van der Waals surface area (Å²) in [6.45, 7) is 5.44. The molecule has 1 aliphatic rings. The average Bonchev–Trinajstić information content (AvgIpc) is 2.53. The zero-order chi connectivity index (χ0) is 14.5. The van der Waals surface area contributed by atoms with Crippen LogP contribution in [0.3, 0.4) is 0 Å². The summed E-state index contributed by atoms with van der Waals surface area (Å²) in [5, 5.41) is 3.03. The summed E-state index contributed by atoms with van der Waals surface area (Å²) in [6.07, 6.45) is 5.47. The molecule has 0 spiro atoms. The van der Waals surface area contributed by atoms with Crippen LogP contribution >= 0.6 is 0 Å². The Morgan fingerprint density at radius 2 is 2.20 bits per heavy atom. The molecule has 0 saturated carbocycles. The summed E-state index contributed by atoms with van der Waals surface area (Å²) >= 11 is 0. The van der Waals surface area contributed by atoms with Crippen LogP contribution in [0.15, 0.2) is 18.5 Å². The lowest BCUT2D eigenvalue weighted by Gasteiger charge is -2.36. The Balaban J connectivity index is 2.05. The van der Waals surface area contributed by atoms with Gasteiger partial charge in [-0.3, -0.25) is 9.78 Å². The molecule has 20 heavy (non-hydrogen) atoms. The minimum Gasteiger partial charge on any atom is -0.386 e. The molecule has 2 heterocycles. The molecule has 1 amide bonds. The molecule has 0 aliphatic carbocycles. The molecule has 5 heteroatoms. The van der Waals surface area contributed by atoms with E-state index in [1.165, 1.54) is 0 Å². The van der Waals surface area contributed by atoms with Gasteiger partial charge in [0.15, 0.2) is 0 Å². The van der Waals surface area contributed by atoms with Crippen molar-refractivity contribution in [3.05, 3.63) is 24.0 Å². The zero-order valence-corrected chi connectivity index (χ0v) is 12.6. The van der Waals surface area contributed by atoms with Crippen LogP contribution in [0, 0.1) is 0 Å². The molecule has 1 saturated heterocycles. The molecule has 110 valence electrons. The SMILES string of the molecule is CCN1CCC(N(C)C(=O)c2ccncc2NC)CC1. The predicted octanol–water partition coefficient (Wildman–Crippen LogP) is 1.68. The molecule has 2 rings (SSSR count). The van der Waals surface area contributed by atoms with E-state index >= 15 is 0 Å². The average molecular weight is 276 g/mol. The Labute approximate surface area is 121 Å². The van der Waals surface area contributed by atoms with Gasteiger partial charge < -0.3 is 15.1 Å². The molecule has 0 aromatic carbocycles. The second kappa shape index (κ2) is 6.70. The standard InChI is InChI=1S/C15H24N4O/c1-4-19-9-6-12(7-10-19)18(3)15(20)13-5-8-17-11-14(13)16-2/h5,8,11-12,16H,4,6-7,9-10H2,1-3H3. The zero-order valence-electron chi connectivity index (χ0n) is 12.6. The number of likely N-dealkylation sites (tertiary alicyclic amines) is 1. The third-order valence-electron chi connectivity index (χ3n) is 4.19. The molecule has 1 aromatic rings. The van der Waals surface area contributed by atoms with Crippen LogP contribution in [0.1, 0.15) is 30.1 Å². The van der Waals surface area contributed by atoms with E-state index in [-0.39, 0.29) is 5.91 Å². The van der Waals surface area contributed by atoms with Gasteiger partial charge in [-0.25, -0.2) is 0 Å². The number of carbonyl (C=O) groups is 1. The van der Waals surface area contributed by atoms with Gasteiger partial charge in [0.2, 0.25) is 0 Å². The Bertz CT molecular complexity index is 455. The molecule has 0 unspecified atom stereocenters. The lowest BCUT2D eigenvalue weighted by molar-refractivity contribution is 0.0647. The molecule has 0 radical (unpaired) electrons. The van der Waals surface area contributed by atoms with E-state index in [1.807, 2.05) is 19.0 Å². The fourth-order valence-corrected chi connectivity index (χ4v) is 2.76. The molecule has 1 fully saturated rings. The molecule has 0 bridgehead atoms. The molecule has 5 nitrogen and oxygen atoms in total. The number of amides is 1. The minimum atomic E-state index is 0.0756. The Morgan fingerprint density at radius 1 is 1.50 bits per heavy atom. The van der Waals surface area contributed by atoms with E-state index < -0.39 is 0 Å². The van der Waals surface area contributed by atoms with Crippen LogP contribution in [0.5, 0.6) is 0 Å². The van der Waals surface area contributed by atoms with Crippen LogP contribution in [0.4, 0.5) is 5.69 Å². The Hall–Kier alpha value is -1.62. The normalized spacial score (nSPS) is 16.9. The monoisotopic (exact) mass is 276 g/mol. The maximum atomic E-state index is 12.6. The van der Waals surface area contributed by atoms with E-state index in [4.69, 9.17) is 0 Å². The first kappa shape index (κ1) is 14.8. The maximum Gasteiger partial charge on any atom is 0.256 e. The number of anilines is 1. The summed E-state index contributed by atoms with van der Waals surface area (Å²) in [5.74, 6) is 0.0756. The second-order valence-corrected chi connectivity index (χ2v) is 5.25. The lowest BCUT2D eigenvalue weighted by Crippen LogP contribution is -2.45. The molecule has 1 aliphatic heterocycles. The number of pyridine rings is 1. The van der Waals surface area contributed by atoms with E-state index in [0.29, 0.717) is 11.6 Å². The summed E-state index contributed by atoms with van der Waals surface area (Å²) in [4.78, 5) is 21.0. The van der Waals surface area contributed by atoms with Crippen LogP contribution in [0.2, 0.25) is 0 Å². The highest BCUT2D eigenvalue weighted by molar-refractivity contribution is 5.99. The van der Waals surface area contributed by atoms with Crippen molar-refractivity contribution in [2.75, 3.05) is 39.0 Å². The number of hydrogen-bond donors (Lipinski definition) is 1.